The summed E-state index contributed by atoms with van der Waals surface area (Å²) in [6, 6.07) is 0. The van der Waals surface area contributed by atoms with E-state index in [1.54, 1.807) is 4.57 Å². The summed E-state index contributed by atoms with van der Waals surface area (Å²) in [4.78, 5) is 4.04. The van der Waals surface area contributed by atoms with Gasteiger partial charge in [0.05, 0.1) is 6.54 Å². The Morgan fingerprint density at radius 1 is 1.35 bits per heavy atom. The molecule has 1 aliphatic heterocycles. The van der Waals surface area contributed by atoms with Crippen molar-refractivity contribution in [3.05, 3.63) is 11.5 Å². The normalized spacial score (nSPS) is 16.5. The molecule has 5 nitrogen and oxygen atoms in total. The summed E-state index contributed by atoms with van der Waals surface area (Å²) in [5.41, 5.74) is -0.524. The van der Waals surface area contributed by atoms with Crippen molar-refractivity contribution < 1.29 is 13.2 Å². The summed E-state index contributed by atoms with van der Waals surface area (Å²) < 4.78 is 41.1. The molecule has 0 aliphatic carbocycles. The van der Waals surface area contributed by atoms with Crippen molar-refractivity contribution in [3.8, 4) is 0 Å². The summed E-state index contributed by atoms with van der Waals surface area (Å²) in [7, 11) is 1.29. The first-order valence-corrected chi connectivity index (χ1v) is 5.18. The molecule has 1 N–H and O–H groups in total. The number of hydrogen-bond donors (Lipinski definition) is 1. The molecule has 1 aliphatic rings. The number of alkyl halides is 3. The molecule has 0 saturated heterocycles. The highest BCUT2D eigenvalue weighted by atomic mass is 19.4. The van der Waals surface area contributed by atoms with E-state index in [1.165, 1.54) is 7.05 Å². The molecule has 0 radical (unpaired) electrons. The van der Waals surface area contributed by atoms with Crippen molar-refractivity contribution in [2.24, 2.45) is 7.05 Å². The molecule has 0 atom stereocenters. The molecule has 2 aromatic rings. The van der Waals surface area contributed by atoms with Gasteiger partial charge in [0, 0.05) is 20.1 Å². The van der Waals surface area contributed by atoms with Gasteiger partial charge in [0.1, 0.15) is 11.3 Å². The molecule has 3 rings (SSSR count). The molecule has 92 valence electrons. The predicted octanol–water partition coefficient (Wildman–Crippen LogP) is 0.892. The Kier molecular flexibility index (Phi) is 2.00. The van der Waals surface area contributed by atoms with Crippen LogP contribution in [0.4, 0.5) is 13.2 Å². The van der Waals surface area contributed by atoms with Crippen LogP contribution in [0.1, 0.15) is 11.5 Å². The van der Waals surface area contributed by atoms with Gasteiger partial charge >= 0.3 is 6.18 Å². The first-order chi connectivity index (χ1) is 7.98. The van der Waals surface area contributed by atoms with Gasteiger partial charge in [-0.15, -0.1) is 0 Å². The zero-order valence-electron chi connectivity index (χ0n) is 9.04. The van der Waals surface area contributed by atoms with E-state index in [1.807, 2.05) is 0 Å². The topological polar surface area (TPSA) is 47.7 Å². The zero-order chi connectivity index (χ0) is 12.2. The maximum absolute atomic E-state index is 12.9. The number of nitrogens with zero attached hydrogens (tertiary/aromatic N) is 4. The van der Waals surface area contributed by atoms with Crippen molar-refractivity contribution in [1.82, 2.24) is 24.6 Å². The van der Waals surface area contributed by atoms with Gasteiger partial charge in [-0.25, -0.2) is 4.98 Å². The Balaban J connectivity index is 2.30. The van der Waals surface area contributed by atoms with Crippen LogP contribution in [0, 0.1) is 0 Å². The number of hydrogen-bond acceptors (Lipinski definition) is 3. The molecule has 17 heavy (non-hydrogen) atoms. The predicted molar refractivity (Wildman–Crippen MR) is 53.2 cm³/mol. The molecular weight excluding hydrogens is 235 g/mol. The lowest BCUT2D eigenvalue weighted by Gasteiger charge is -2.14. The second kappa shape index (κ2) is 3.22. The highest BCUT2D eigenvalue weighted by Gasteiger charge is 2.39. The summed E-state index contributed by atoms with van der Waals surface area (Å²) in [6.07, 6.45) is -4.43. The second-order valence-electron chi connectivity index (χ2n) is 4.00. The van der Waals surface area contributed by atoms with Gasteiger partial charge in [-0.3, -0.25) is 4.68 Å². The number of imidazole rings is 1. The van der Waals surface area contributed by atoms with Gasteiger partial charge in [-0.2, -0.15) is 18.3 Å². The van der Waals surface area contributed by atoms with Crippen molar-refractivity contribution in [2.75, 3.05) is 6.54 Å². The smallest absolute Gasteiger partial charge is 0.309 e. The Morgan fingerprint density at radius 2 is 2.12 bits per heavy atom. The maximum atomic E-state index is 12.9. The van der Waals surface area contributed by atoms with E-state index in [2.05, 4.69) is 15.4 Å². The first-order valence-electron chi connectivity index (χ1n) is 5.18. The molecule has 8 heteroatoms. The van der Waals surface area contributed by atoms with E-state index in [0.29, 0.717) is 24.6 Å². The molecular formula is C9H10F3N5. The minimum Gasteiger partial charge on any atom is -0.309 e. The molecule has 0 aromatic carbocycles. The van der Waals surface area contributed by atoms with E-state index in [9.17, 15) is 13.2 Å². The van der Waals surface area contributed by atoms with Crippen molar-refractivity contribution in [3.63, 3.8) is 0 Å². The molecule has 0 amide bonds. The maximum Gasteiger partial charge on any atom is 0.435 e. The third kappa shape index (κ3) is 1.43. The van der Waals surface area contributed by atoms with Gasteiger partial charge in [0.15, 0.2) is 11.3 Å². The van der Waals surface area contributed by atoms with Crippen LogP contribution in [0.3, 0.4) is 0 Å². The average Bonchev–Trinajstić information content (AvgIpc) is 2.70. The van der Waals surface area contributed by atoms with E-state index >= 15 is 0 Å². The highest BCUT2D eigenvalue weighted by molar-refractivity contribution is 5.75. The Labute approximate surface area is 94.2 Å². The van der Waals surface area contributed by atoms with Crippen LogP contribution < -0.4 is 5.32 Å². The van der Waals surface area contributed by atoms with Gasteiger partial charge in [-0.05, 0) is 0 Å². The monoisotopic (exact) mass is 245 g/mol. The van der Waals surface area contributed by atoms with Gasteiger partial charge in [-0.1, -0.05) is 0 Å². The minimum atomic E-state index is -4.43. The molecule has 0 spiro atoms. The minimum absolute atomic E-state index is 0.0568. The van der Waals surface area contributed by atoms with Crippen molar-refractivity contribution >= 4 is 11.2 Å². The van der Waals surface area contributed by atoms with Crippen molar-refractivity contribution in [2.45, 2.75) is 19.3 Å². The standard InChI is InChI=1S/C9H10F3N5/c1-16-7(9(10,11)12)6-8(15-16)17-3-2-13-4-5(17)14-6/h13H,2-4H2,1H3. The third-order valence-electron chi connectivity index (χ3n) is 2.88. The van der Waals surface area contributed by atoms with Crippen LogP contribution in [0.15, 0.2) is 0 Å². The van der Waals surface area contributed by atoms with Crippen LogP contribution in [0.5, 0.6) is 0 Å². The lowest BCUT2D eigenvalue weighted by atomic mass is 10.4. The molecule has 0 saturated carbocycles. The van der Waals surface area contributed by atoms with Gasteiger partial charge in [0.2, 0.25) is 0 Å². The number of aryl methyl sites for hydroxylation is 1. The second-order valence-corrected chi connectivity index (χ2v) is 4.00. The molecule has 0 bridgehead atoms. The van der Waals surface area contributed by atoms with E-state index in [0.717, 1.165) is 11.2 Å². The highest BCUT2D eigenvalue weighted by Crippen LogP contribution is 2.34. The number of rotatable bonds is 0. The third-order valence-corrected chi connectivity index (χ3v) is 2.88. The lowest BCUT2D eigenvalue weighted by molar-refractivity contribution is -0.142. The summed E-state index contributed by atoms with van der Waals surface area (Å²) in [5, 5.41) is 6.99. The van der Waals surface area contributed by atoms with Gasteiger partial charge < -0.3 is 9.88 Å². The van der Waals surface area contributed by atoms with E-state index < -0.39 is 11.9 Å². The van der Waals surface area contributed by atoms with Crippen LogP contribution >= 0.6 is 0 Å². The molecule has 2 aromatic heterocycles. The molecule has 3 heterocycles. The van der Waals surface area contributed by atoms with Crippen LogP contribution in [0.25, 0.3) is 11.2 Å². The Bertz CT molecular complexity index is 579. The largest absolute Gasteiger partial charge is 0.435 e. The number of fused-ring (bicyclic) bond motifs is 3. The number of nitrogens with one attached hydrogen (secondary N) is 1. The quantitative estimate of drug-likeness (QED) is 0.750. The first kappa shape index (κ1) is 10.6. The fraction of sp³-hybridized carbons (Fsp3) is 0.556. The Morgan fingerprint density at radius 3 is 2.82 bits per heavy atom. The zero-order valence-corrected chi connectivity index (χ0v) is 9.04. The molecule has 0 unspecified atom stereocenters. The fourth-order valence-electron chi connectivity index (χ4n) is 2.17. The van der Waals surface area contributed by atoms with Crippen LogP contribution in [0.2, 0.25) is 0 Å². The van der Waals surface area contributed by atoms with Crippen molar-refractivity contribution in [1.29, 1.82) is 0 Å². The van der Waals surface area contributed by atoms with Gasteiger partial charge in [0.25, 0.3) is 0 Å². The fourth-order valence-corrected chi connectivity index (χ4v) is 2.17. The SMILES string of the molecule is Cn1nc2c(nc3n2CCNC3)c1C(F)(F)F. The van der Waals surface area contributed by atoms with Crippen LogP contribution in [-0.2, 0) is 26.3 Å². The number of halogens is 3. The van der Waals surface area contributed by atoms with E-state index in [4.69, 9.17) is 0 Å². The summed E-state index contributed by atoms with van der Waals surface area (Å²) in [6.45, 7) is 1.80. The van der Waals surface area contributed by atoms with Crippen LogP contribution in [-0.4, -0.2) is 25.9 Å². The lowest BCUT2D eigenvalue weighted by Crippen LogP contribution is -2.28. The summed E-state index contributed by atoms with van der Waals surface area (Å²) in [5.74, 6) is 0.611. The Hall–Kier alpha value is -1.57. The number of aromatic nitrogens is 4. The summed E-state index contributed by atoms with van der Waals surface area (Å²) >= 11 is 0. The molecule has 0 fully saturated rings. The van der Waals surface area contributed by atoms with E-state index in [-0.39, 0.29) is 5.52 Å². The average molecular weight is 245 g/mol.